The number of halogens is 1. The van der Waals surface area contributed by atoms with Gasteiger partial charge in [-0.25, -0.2) is 4.98 Å². The van der Waals surface area contributed by atoms with Gasteiger partial charge in [-0.05, 0) is 18.3 Å². The maximum Gasteiger partial charge on any atom is 0.138 e. The lowest BCUT2D eigenvalue weighted by Gasteiger charge is -2.34. The lowest BCUT2D eigenvalue weighted by molar-refractivity contribution is 0.0245. The third-order valence-corrected chi connectivity index (χ3v) is 3.74. The van der Waals surface area contributed by atoms with E-state index in [9.17, 15) is 0 Å². The Labute approximate surface area is 94.6 Å². The summed E-state index contributed by atoms with van der Waals surface area (Å²) < 4.78 is 7.20. The molecule has 0 saturated carbocycles. The molecule has 0 radical (unpaired) electrons. The minimum Gasteiger partial charge on any atom is -0.381 e. The highest BCUT2D eigenvalue weighted by Gasteiger charge is 2.33. The summed E-state index contributed by atoms with van der Waals surface area (Å²) >= 11 is 6.09. The molecule has 0 amide bonds. The Hall–Kier alpha value is -0.610. The van der Waals surface area contributed by atoms with Gasteiger partial charge in [0.05, 0.1) is 0 Å². The zero-order valence-corrected chi connectivity index (χ0v) is 9.70. The number of hydrogen-bond donors (Lipinski definition) is 0. The highest BCUT2D eigenvalue weighted by atomic mass is 35.5. The lowest BCUT2D eigenvalue weighted by atomic mass is 9.79. The first-order chi connectivity index (χ1) is 7.26. The number of aryl methyl sites for hydroxylation is 1. The van der Waals surface area contributed by atoms with Crippen molar-refractivity contribution in [2.24, 2.45) is 12.5 Å². The summed E-state index contributed by atoms with van der Waals surface area (Å²) in [4.78, 5) is 4.26. The van der Waals surface area contributed by atoms with Gasteiger partial charge in [0.15, 0.2) is 0 Å². The fraction of sp³-hybridized carbons (Fsp3) is 0.800. The van der Waals surface area contributed by atoms with Gasteiger partial charge in [-0.3, -0.25) is 4.68 Å². The average Bonchev–Trinajstić information content (AvgIpc) is 2.66. The summed E-state index contributed by atoms with van der Waals surface area (Å²) in [6, 6.07) is 0. The second-order valence-corrected chi connectivity index (χ2v) is 4.49. The van der Waals surface area contributed by atoms with E-state index in [0.717, 1.165) is 38.3 Å². The van der Waals surface area contributed by atoms with Crippen LogP contribution in [0.3, 0.4) is 0 Å². The van der Waals surface area contributed by atoms with Crippen LogP contribution in [0.4, 0.5) is 0 Å². The number of nitrogens with zero attached hydrogens (tertiary/aromatic N) is 3. The molecule has 0 unspecified atom stereocenters. The van der Waals surface area contributed by atoms with Crippen molar-refractivity contribution in [3.63, 3.8) is 0 Å². The van der Waals surface area contributed by atoms with Crippen LogP contribution in [-0.4, -0.2) is 33.9 Å². The Kier molecular flexibility index (Phi) is 3.26. The maximum atomic E-state index is 6.09. The number of hydrogen-bond acceptors (Lipinski definition) is 3. The summed E-state index contributed by atoms with van der Waals surface area (Å²) in [5, 5.41) is 4.08. The van der Waals surface area contributed by atoms with Gasteiger partial charge in [-0.1, -0.05) is 0 Å². The Balaban J connectivity index is 2.10. The van der Waals surface area contributed by atoms with E-state index < -0.39 is 0 Å². The van der Waals surface area contributed by atoms with Gasteiger partial charge in [0.1, 0.15) is 12.2 Å². The van der Waals surface area contributed by atoms with Crippen molar-refractivity contribution in [2.75, 3.05) is 19.1 Å². The van der Waals surface area contributed by atoms with Crippen molar-refractivity contribution >= 4 is 11.6 Å². The van der Waals surface area contributed by atoms with Crippen LogP contribution < -0.4 is 0 Å². The highest BCUT2D eigenvalue weighted by molar-refractivity contribution is 6.18. The molecular weight excluding hydrogens is 214 g/mol. The van der Waals surface area contributed by atoms with Crippen LogP contribution in [0.1, 0.15) is 18.7 Å². The largest absolute Gasteiger partial charge is 0.381 e. The second-order valence-electron chi connectivity index (χ2n) is 4.22. The van der Waals surface area contributed by atoms with Crippen molar-refractivity contribution in [3.8, 4) is 0 Å². The van der Waals surface area contributed by atoms with Crippen LogP contribution in [0.5, 0.6) is 0 Å². The van der Waals surface area contributed by atoms with E-state index in [1.165, 1.54) is 0 Å². The second kappa shape index (κ2) is 4.49. The van der Waals surface area contributed by atoms with Gasteiger partial charge < -0.3 is 4.74 Å². The Bertz CT molecular complexity index is 320. The maximum absolute atomic E-state index is 6.09. The topological polar surface area (TPSA) is 39.9 Å². The highest BCUT2D eigenvalue weighted by Crippen LogP contribution is 2.34. The van der Waals surface area contributed by atoms with E-state index in [-0.39, 0.29) is 5.41 Å². The number of rotatable bonds is 3. The predicted octanol–water partition coefficient (Wildman–Crippen LogP) is 1.39. The molecule has 1 saturated heterocycles. The first-order valence-electron chi connectivity index (χ1n) is 5.22. The van der Waals surface area contributed by atoms with Crippen LogP contribution in [0, 0.1) is 5.41 Å². The molecule has 1 aromatic heterocycles. The monoisotopic (exact) mass is 229 g/mol. The van der Waals surface area contributed by atoms with Crippen LogP contribution in [0.2, 0.25) is 0 Å². The van der Waals surface area contributed by atoms with Gasteiger partial charge in [-0.2, -0.15) is 5.10 Å². The third kappa shape index (κ3) is 2.32. The molecule has 1 aliphatic heterocycles. The lowest BCUT2D eigenvalue weighted by Crippen LogP contribution is -2.34. The molecule has 0 aliphatic carbocycles. The molecular formula is C10H16ClN3O. The van der Waals surface area contributed by atoms with Crippen molar-refractivity contribution in [1.82, 2.24) is 14.8 Å². The molecule has 1 fully saturated rings. The average molecular weight is 230 g/mol. The number of aromatic nitrogens is 3. The zero-order chi connectivity index (χ0) is 10.7. The van der Waals surface area contributed by atoms with Crippen LogP contribution >= 0.6 is 11.6 Å². The molecule has 2 heterocycles. The van der Waals surface area contributed by atoms with Crippen molar-refractivity contribution in [2.45, 2.75) is 19.3 Å². The molecule has 0 atom stereocenters. The minimum atomic E-state index is 0.153. The normalized spacial score (nSPS) is 20.4. The smallest absolute Gasteiger partial charge is 0.138 e. The first kappa shape index (κ1) is 10.9. The third-order valence-electron chi connectivity index (χ3n) is 3.18. The molecule has 1 aliphatic rings. The Morgan fingerprint density at radius 1 is 1.53 bits per heavy atom. The standard InChI is InChI=1S/C10H16ClN3O/c1-14-9(12-8-13-14)6-10(7-11)2-4-15-5-3-10/h8H,2-7H2,1H3. The minimum absolute atomic E-state index is 0.153. The summed E-state index contributed by atoms with van der Waals surface area (Å²) in [6.07, 6.45) is 4.53. The molecule has 2 rings (SSSR count). The van der Waals surface area contributed by atoms with Gasteiger partial charge in [-0.15, -0.1) is 11.6 Å². The van der Waals surface area contributed by atoms with Crippen molar-refractivity contribution < 1.29 is 4.74 Å². The number of alkyl halides is 1. The molecule has 1 aromatic rings. The molecule has 15 heavy (non-hydrogen) atoms. The summed E-state index contributed by atoms with van der Waals surface area (Å²) in [5.41, 5.74) is 0.153. The van der Waals surface area contributed by atoms with E-state index >= 15 is 0 Å². The molecule has 0 bridgehead atoms. The SMILES string of the molecule is Cn1ncnc1CC1(CCl)CCOCC1. The van der Waals surface area contributed by atoms with Gasteiger partial charge in [0, 0.05) is 32.6 Å². The first-order valence-corrected chi connectivity index (χ1v) is 5.76. The van der Waals surface area contributed by atoms with Gasteiger partial charge in [0.2, 0.25) is 0 Å². The van der Waals surface area contributed by atoms with Crippen molar-refractivity contribution in [1.29, 1.82) is 0 Å². The summed E-state index contributed by atoms with van der Waals surface area (Å²) in [6.45, 7) is 1.62. The summed E-state index contributed by atoms with van der Waals surface area (Å²) in [5.74, 6) is 1.68. The van der Waals surface area contributed by atoms with Gasteiger partial charge >= 0.3 is 0 Å². The molecule has 0 aromatic carbocycles. The summed E-state index contributed by atoms with van der Waals surface area (Å²) in [7, 11) is 1.92. The fourth-order valence-corrected chi connectivity index (χ4v) is 2.34. The molecule has 0 N–H and O–H groups in total. The predicted molar refractivity (Wildman–Crippen MR) is 57.9 cm³/mol. The van der Waals surface area contributed by atoms with Crippen LogP contribution in [-0.2, 0) is 18.2 Å². The van der Waals surface area contributed by atoms with Crippen LogP contribution in [0.25, 0.3) is 0 Å². The fourth-order valence-electron chi connectivity index (χ4n) is 1.98. The van der Waals surface area contributed by atoms with E-state index in [1.54, 1.807) is 6.33 Å². The quantitative estimate of drug-likeness (QED) is 0.736. The van der Waals surface area contributed by atoms with Crippen molar-refractivity contribution in [3.05, 3.63) is 12.2 Å². The number of ether oxygens (including phenoxy) is 1. The van der Waals surface area contributed by atoms with Crippen LogP contribution in [0.15, 0.2) is 6.33 Å². The van der Waals surface area contributed by atoms with Gasteiger partial charge in [0.25, 0.3) is 0 Å². The molecule has 4 nitrogen and oxygen atoms in total. The molecule has 5 heteroatoms. The van der Waals surface area contributed by atoms with E-state index in [2.05, 4.69) is 10.1 Å². The van der Waals surface area contributed by atoms with E-state index in [4.69, 9.17) is 16.3 Å². The molecule has 0 spiro atoms. The van der Waals surface area contributed by atoms with E-state index in [1.807, 2.05) is 11.7 Å². The Morgan fingerprint density at radius 3 is 2.80 bits per heavy atom. The Morgan fingerprint density at radius 2 is 2.27 bits per heavy atom. The zero-order valence-electron chi connectivity index (χ0n) is 8.95. The van der Waals surface area contributed by atoms with E-state index in [0.29, 0.717) is 5.88 Å². The molecule has 84 valence electrons.